The molecule has 1 fully saturated rings. The van der Waals surface area contributed by atoms with E-state index in [9.17, 15) is 4.39 Å². The van der Waals surface area contributed by atoms with Gasteiger partial charge in [0, 0.05) is 18.5 Å². The van der Waals surface area contributed by atoms with E-state index in [1.165, 1.54) is 31.7 Å². The van der Waals surface area contributed by atoms with Gasteiger partial charge >= 0.3 is 0 Å². The van der Waals surface area contributed by atoms with Crippen LogP contribution in [-0.4, -0.2) is 9.78 Å². The van der Waals surface area contributed by atoms with Gasteiger partial charge in [-0.15, -0.1) is 0 Å². The predicted octanol–water partition coefficient (Wildman–Crippen LogP) is 4.25. The quantitative estimate of drug-likeness (QED) is 0.839. The van der Waals surface area contributed by atoms with Crippen molar-refractivity contribution in [1.82, 2.24) is 9.78 Å². The van der Waals surface area contributed by atoms with Crippen molar-refractivity contribution in [2.75, 3.05) is 5.73 Å². The first-order valence-electron chi connectivity index (χ1n) is 7.75. The van der Waals surface area contributed by atoms with Crippen LogP contribution >= 0.6 is 0 Å². The van der Waals surface area contributed by atoms with E-state index < -0.39 is 0 Å². The van der Waals surface area contributed by atoms with Gasteiger partial charge in [-0.1, -0.05) is 43.9 Å². The summed E-state index contributed by atoms with van der Waals surface area (Å²) in [6.07, 6.45) is 7.26. The fourth-order valence-electron chi connectivity index (χ4n) is 3.34. The molecule has 21 heavy (non-hydrogen) atoms. The van der Waals surface area contributed by atoms with Crippen molar-refractivity contribution in [1.29, 1.82) is 0 Å². The van der Waals surface area contributed by atoms with Gasteiger partial charge in [0.2, 0.25) is 0 Å². The molecule has 1 aromatic carbocycles. The fourth-order valence-corrected chi connectivity index (χ4v) is 3.34. The molecule has 1 heterocycles. The van der Waals surface area contributed by atoms with Gasteiger partial charge in [0.05, 0.1) is 11.3 Å². The van der Waals surface area contributed by atoms with E-state index in [-0.39, 0.29) is 5.82 Å². The summed E-state index contributed by atoms with van der Waals surface area (Å²) in [6, 6.07) is 6.83. The van der Waals surface area contributed by atoms with Crippen molar-refractivity contribution in [3.8, 4) is 11.1 Å². The van der Waals surface area contributed by atoms with Gasteiger partial charge in [0.1, 0.15) is 11.6 Å². The fraction of sp³-hybridized carbons (Fsp3) is 0.471. The molecule has 2 aromatic rings. The smallest absolute Gasteiger partial charge is 0.131 e. The van der Waals surface area contributed by atoms with E-state index in [1.807, 2.05) is 13.1 Å². The number of halogens is 1. The maximum Gasteiger partial charge on any atom is 0.131 e. The maximum atomic E-state index is 14.2. The van der Waals surface area contributed by atoms with Crippen molar-refractivity contribution >= 4 is 5.82 Å². The van der Waals surface area contributed by atoms with Crippen LogP contribution in [0.25, 0.3) is 11.1 Å². The van der Waals surface area contributed by atoms with Gasteiger partial charge in [-0.25, -0.2) is 4.39 Å². The van der Waals surface area contributed by atoms with Gasteiger partial charge in [-0.3, -0.25) is 4.68 Å². The lowest BCUT2D eigenvalue weighted by atomic mass is 9.91. The summed E-state index contributed by atoms with van der Waals surface area (Å²) in [6.45, 7) is 0. The molecule has 1 aliphatic rings. The summed E-state index contributed by atoms with van der Waals surface area (Å²) in [5.74, 6) is 0.719. The molecule has 0 unspecified atom stereocenters. The Bertz CT molecular complexity index is 625. The number of nitrogen functional groups attached to an aromatic ring is 1. The molecule has 0 radical (unpaired) electrons. The topological polar surface area (TPSA) is 43.8 Å². The van der Waals surface area contributed by atoms with Crippen LogP contribution in [0.1, 0.15) is 50.1 Å². The number of nitrogens with zero attached hydrogens (tertiary/aromatic N) is 2. The minimum absolute atomic E-state index is 0.230. The highest BCUT2D eigenvalue weighted by molar-refractivity contribution is 5.77. The number of rotatable bonds is 2. The number of aryl methyl sites for hydroxylation is 1. The van der Waals surface area contributed by atoms with E-state index in [2.05, 4.69) is 5.10 Å². The van der Waals surface area contributed by atoms with Crippen LogP contribution in [0.2, 0.25) is 0 Å². The molecular weight excluding hydrogens is 265 g/mol. The van der Waals surface area contributed by atoms with Crippen molar-refractivity contribution < 1.29 is 4.39 Å². The molecule has 1 aliphatic carbocycles. The molecule has 0 atom stereocenters. The molecule has 1 aromatic heterocycles. The van der Waals surface area contributed by atoms with Gasteiger partial charge in [-0.05, 0) is 18.9 Å². The number of aromatic nitrogens is 2. The lowest BCUT2D eigenvalue weighted by Crippen LogP contribution is -2.01. The molecule has 112 valence electrons. The lowest BCUT2D eigenvalue weighted by Gasteiger charge is -2.14. The molecule has 0 saturated heterocycles. The Kier molecular flexibility index (Phi) is 3.95. The monoisotopic (exact) mass is 287 g/mol. The van der Waals surface area contributed by atoms with Crippen molar-refractivity contribution in [3.63, 3.8) is 0 Å². The van der Waals surface area contributed by atoms with E-state index in [4.69, 9.17) is 5.73 Å². The molecule has 3 nitrogen and oxygen atoms in total. The Labute approximate surface area is 125 Å². The van der Waals surface area contributed by atoms with Gasteiger partial charge < -0.3 is 5.73 Å². The molecule has 1 saturated carbocycles. The standard InChI is InChI=1S/C17H22FN3/c1-21-17(19)15(13-10-6-7-11-14(13)18)16(20-21)12-8-4-2-3-5-9-12/h6-7,10-12H,2-5,8-9,19H2,1H3. The molecular formula is C17H22FN3. The minimum Gasteiger partial charge on any atom is -0.383 e. The second-order valence-corrected chi connectivity index (χ2v) is 5.94. The molecule has 0 amide bonds. The summed E-state index contributed by atoms with van der Waals surface area (Å²) < 4.78 is 15.9. The SMILES string of the molecule is Cn1nc(C2CCCCCC2)c(-c2ccccc2F)c1N. The number of nitrogens with two attached hydrogens (primary N) is 1. The predicted molar refractivity (Wildman–Crippen MR) is 83.5 cm³/mol. The van der Waals surface area contributed by atoms with Crippen LogP contribution in [0.3, 0.4) is 0 Å². The Balaban J connectivity index is 2.09. The zero-order chi connectivity index (χ0) is 14.8. The zero-order valence-corrected chi connectivity index (χ0v) is 12.5. The average Bonchev–Trinajstić information content (AvgIpc) is 2.70. The Morgan fingerprint density at radius 3 is 2.48 bits per heavy atom. The lowest BCUT2D eigenvalue weighted by molar-refractivity contribution is 0.566. The molecule has 0 spiro atoms. The summed E-state index contributed by atoms with van der Waals surface area (Å²) in [5, 5.41) is 4.62. The Morgan fingerprint density at radius 1 is 1.14 bits per heavy atom. The summed E-state index contributed by atoms with van der Waals surface area (Å²) in [7, 11) is 1.83. The first kappa shape index (κ1) is 14.1. The summed E-state index contributed by atoms with van der Waals surface area (Å²) >= 11 is 0. The third kappa shape index (κ3) is 2.67. The third-order valence-electron chi connectivity index (χ3n) is 4.50. The van der Waals surface area contributed by atoms with Gasteiger partial charge in [-0.2, -0.15) is 5.10 Å². The molecule has 4 heteroatoms. The van der Waals surface area contributed by atoms with Gasteiger partial charge in [0.15, 0.2) is 0 Å². The van der Waals surface area contributed by atoms with Crippen LogP contribution in [0, 0.1) is 5.82 Å². The molecule has 0 aliphatic heterocycles. The zero-order valence-electron chi connectivity index (χ0n) is 12.5. The second-order valence-electron chi connectivity index (χ2n) is 5.94. The minimum atomic E-state index is -0.230. The highest BCUT2D eigenvalue weighted by atomic mass is 19.1. The number of hydrogen-bond acceptors (Lipinski definition) is 2. The molecule has 0 bridgehead atoms. The second kappa shape index (κ2) is 5.88. The number of benzene rings is 1. The van der Waals surface area contributed by atoms with E-state index in [1.54, 1.807) is 16.8 Å². The maximum absolute atomic E-state index is 14.2. The average molecular weight is 287 g/mol. The number of anilines is 1. The van der Waals surface area contributed by atoms with Crippen LogP contribution in [0.5, 0.6) is 0 Å². The van der Waals surface area contributed by atoms with E-state index in [0.717, 1.165) is 24.1 Å². The van der Waals surface area contributed by atoms with Crippen molar-refractivity contribution in [2.45, 2.75) is 44.4 Å². The van der Waals surface area contributed by atoms with Crippen LogP contribution in [0.15, 0.2) is 24.3 Å². The van der Waals surface area contributed by atoms with Gasteiger partial charge in [0.25, 0.3) is 0 Å². The van der Waals surface area contributed by atoms with Crippen molar-refractivity contribution in [2.24, 2.45) is 7.05 Å². The highest BCUT2D eigenvalue weighted by Gasteiger charge is 2.25. The van der Waals surface area contributed by atoms with Crippen LogP contribution in [-0.2, 0) is 7.05 Å². The normalized spacial score (nSPS) is 16.9. The third-order valence-corrected chi connectivity index (χ3v) is 4.50. The molecule has 2 N–H and O–H groups in total. The first-order chi connectivity index (χ1) is 10.2. The van der Waals surface area contributed by atoms with E-state index >= 15 is 0 Å². The highest BCUT2D eigenvalue weighted by Crippen LogP contribution is 2.40. The van der Waals surface area contributed by atoms with Crippen LogP contribution in [0.4, 0.5) is 10.2 Å². The van der Waals surface area contributed by atoms with Crippen molar-refractivity contribution in [3.05, 3.63) is 35.8 Å². The summed E-state index contributed by atoms with van der Waals surface area (Å²) in [4.78, 5) is 0. The Hall–Kier alpha value is -1.84. The first-order valence-corrected chi connectivity index (χ1v) is 7.75. The van der Waals surface area contributed by atoms with E-state index in [0.29, 0.717) is 17.3 Å². The Morgan fingerprint density at radius 2 is 1.81 bits per heavy atom. The van der Waals surface area contributed by atoms with Crippen LogP contribution < -0.4 is 5.73 Å². The number of hydrogen-bond donors (Lipinski definition) is 1. The molecule has 3 rings (SSSR count). The largest absolute Gasteiger partial charge is 0.383 e. The summed E-state index contributed by atoms with van der Waals surface area (Å²) in [5.41, 5.74) is 8.52.